The van der Waals surface area contributed by atoms with Crippen LogP contribution in [-0.2, 0) is 0 Å². The molecule has 2 aromatic rings. The van der Waals surface area contributed by atoms with Gasteiger partial charge >= 0.3 is 0 Å². The molecule has 0 aliphatic heterocycles. The quantitative estimate of drug-likeness (QED) is 0.762. The van der Waals surface area contributed by atoms with E-state index in [9.17, 15) is 9.59 Å². The number of carbonyl (C=O) groups excluding carboxylic acids is 2. The molecular formula is C20H24N2O3. The van der Waals surface area contributed by atoms with Gasteiger partial charge < -0.3 is 15.4 Å². The average Bonchev–Trinajstić information content (AvgIpc) is 2.64. The van der Waals surface area contributed by atoms with Gasteiger partial charge in [-0.25, -0.2) is 0 Å². The van der Waals surface area contributed by atoms with Crippen molar-refractivity contribution >= 4 is 11.8 Å². The molecule has 5 nitrogen and oxygen atoms in total. The molecule has 2 amide bonds. The number of ether oxygens (including phenoxy) is 1. The molecule has 2 rings (SSSR count). The first kappa shape index (κ1) is 18.5. The summed E-state index contributed by atoms with van der Waals surface area (Å²) < 4.78 is 5.16. The average molecular weight is 340 g/mol. The van der Waals surface area contributed by atoms with Gasteiger partial charge in [0, 0.05) is 18.7 Å². The Morgan fingerprint density at radius 3 is 2.12 bits per heavy atom. The van der Waals surface area contributed by atoms with Crippen LogP contribution in [0.1, 0.15) is 46.0 Å². The van der Waals surface area contributed by atoms with E-state index < -0.39 is 0 Å². The lowest BCUT2D eigenvalue weighted by atomic mass is 10.0. The van der Waals surface area contributed by atoms with Crippen molar-refractivity contribution in [1.29, 1.82) is 0 Å². The van der Waals surface area contributed by atoms with E-state index in [0.29, 0.717) is 35.9 Å². The lowest BCUT2D eigenvalue weighted by Crippen LogP contribution is -2.34. The summed E-state index contributed by atoms with van der Waals surface area (Å²) in [7, 11) is 1.52. The minimum absolute atomic E-state index is 0.151. The summed E-state index contributed by atoms with van der Waals surface area (Å²) in [5, 5.41) is 5.57. The van der Waals surface area contributed by atoms with Crippen molar-refractivity contribution in [2.45, 2.75) is 19.8 Å². The molecule has 0 bridgehead atoms. The highest BCUT2D eigenvalue weighted by Gasteiger charge is 2.11. The Balaban J connectivity index is 1.80. The largest absolute Gasteiger partial charge is 0.496 e. The fourth-order valence-electron chi connectivity index (χ4n) is 2.40. The molecular weight excluding hydrogens is 316 g/mol. The van der Waals surface area contributed by atoms with Crippen molar-refractivity contribution in [2.24, 2.45) is 0 Å². The van der Waals surface area contributed by atoms with E-state index in [1.165, 1.54) is 12.7 Å². The lowest BCUT2D eigenvalue weighted by molar-refractivity contribution is 0.0926. The number of hydrogen-bond donors (Lipinski definition) is 2. The summed E-state index contributed by atoms with van der Waals surface area (Å²) in [5.74, 6) is 0.575. The van der Waals surface area contributed by atoms with Crippen LogP contribution >= 0.6 is 0 Å². The Morgan fingerprint density at radius 2 is 1.52 bits per heavy atom. The molecule has 0 unspecified atom stereocenters. The van der Waals surface area contributed by atoms with Crippen molar-refractivity contribution in [2.75, 3.05) is 20.2 Å². The molecule has 5 heteroatoms. The zero-order valence-corrected chi connectivity index (χ0v) is 14.8. The molecule has 0 atom stereocenters. The number of carbonyl (C=O) groups is 2. The van der Waals surface area contributed by atoms with Gasteiger partial charge in [-0.2, -0.15) is 0 Å². The third-order valence-corrected chi connectivity index (χ3v) is 3.89. The molecule has 0 saturated carbocycles. The minimum atomic E-state index is -0.229. The van der Waals surface area contributed by atoms with Crippen LogP contribution in [-0.4, -0.2) is 32.0 Å². The first-order chi connectivity index (χ1) is 12.0. The summed E-state index contributed by atoms with van der Waals surface area (Å²) in [6, 6.07) is 14.6. The fourth-order valence-corrected chi connectivity index (χ4v) is 2.40. The molecule has 0 aliphatic rings. The van der Waals surface area contributed by atoms with E-state index in [0.717, 1.165) is 0 Å². The third kappa shape index (κ3) is 5.08. The molecule has 2 aromatic carbocycles. The molecule has 0 spiro atoms. The monoisotopic (exact) mass is 340 g/mol. The van der Waals surface area contributed by atoms with Crippen molar-refractivity contribution in [3.05, 3.63) is 65.2 Å². The van der Waals surface area contributed by atoms with Crippen LogP contribution < -0.4 is 15.4 Å². The van der Waals surface area contributed by atoms with Gasteiger partial charge in [-0.15, -0.1) is 0 Å². The van der Waals surface area contributed by atoms with Crippen LogP contribution in [0.4, 0.5) is 0 Å². The van der Waals surface area contributed by atoms with Crippen LogP contribution in [0.5, 0.6) is 5.75 Å². The molecule has 2 N–H and O–H groups in total. The molecule has 0 aromatic heterocycles. The Kier molecular flexibility index (Phi) is 6.57. The minimum Gasteiger partial charge on any atom is -0.496 e. The molecule has 0 aliphatic carbocycles. The normalized spacial score (nSPS) is 10.4. The maximum Gasteiger partial charge on any atom is 0.255 e. The van der Waals surface area contributed by atoms with Gasteiger partial charge in [-0.3, -0.25) is 9.59 Å². The fraction of sp³-hybridized carbons (Fsp3) is 0.300. The zero-order valence-electron chi connectivity index (χ0n) is 14.8. The SMILES string of the molecule is COc1ccccc1C(=O)NCCNC(=O)c1ccc(C(C)C)cc1. The number of hydrogen-bond acceptors (Lipinski definition) is 3. The van der Waals surface area contributed by atoms with Crippen molar-refractivity contribution in [3.63, 3.8) is 0 Å². The van der Waals surface area contributed by atoms with Gasteiger partial charge in [0.05, 0.1) is 12.7 Å². The Labute approximate surface area is 148 Å². The number of para-hydroxylation sites is 1. The van der Waals surface area contributed by atoms with Crippen LogP contribution in [0.15, 0.2) is 48.5 Å². The van der Waals surface area contributed by atoms with Crippen molar-refractivity contribution in [3.8, 4) is 5.75 Å². The molecule has 0 fully saturated rings. The highest BCUT2D eigenvalue weighted by molar-refractivity contribution is 5.97. The van der Waals surface area contributed by atoms with E-state index in [4.69, 9.17) is 4.74 Å². The molecule has 132 valence electrons. The first-order valence-corrected chi connectivity index (χ1v) is 8.32. The number of benzene rings is 2. The third-order valence-electron chi connectivity index (χ3n) is 3.89. The highest BCUT2D eigenvalue weighted by atomic mass is 16.5. The number of rotatable bonds is 7. The number of methoxy groups -OCH3 is 1. The Morgan fingerprint density at radius 1 is 0.920 bits per heavy atom. The molecule has 25 heavy (non-hydrogen) atoms. The molecule has 0 saturated heterocycles. The topological polar surface area (TPSA) is 67.4 Å². The highest BCUT2D eigenvalue weighted by Crippen LogP contribution is 2.16. The summed E-state index contributed by atoms with van der Waals surface area (Å²) in [5.41, 5.74) is 2.28. The summed E-state index contributed by atoms with van der Waals surface area (Å²) >= 11 is 0. The number of amides is 2. The van der Waals surface area contributed by atoms with E-state index >= 15 is 0 Å². The van der Waals surface area contributed by atoms with Crippen LogP contribution in [0.25, 0.3) is 0 Å². The number of nitrogens with one attached hydrogen (secondary N) is 2. The van der Waals surface area contributed by atoms with E-state index in [2.05, 4.69) is 24.5 Å². The van der Waals surface area contributed by atoms with E-state index in [1.807, 2.05) is 24.3 Å². The first-order valence-electron chi connectivity index (χ1n) is 8.32. The summed E-state index contributed by atoms with van der Waals surface area (Å²) in [6.45, 7) is 4.91. The van der Waals surface area contributed by atoms with Gasteiger partial charge in [0.15, 0.2) is 0 Å². The summed E-state index contributed by atoms with van der Waals surface area (Å²) in [4.78, 5) is 24.2. The van der Waals surface area contributed by atoms with Crippen molar-refractivity contribution < 1.29 is 14.3 Å². The molecule has 0 radical (unpaired) electrons. The lowest BCUT2D eigenvalue weighted by Gasteiger charge is -2.10. The summed E-state index contributed by atoms with van der Waals surface area (Å²) in [6.07, 6.45) is 0. The van der Waals surface area contributed by atoms with Gasteiger partial charge in [0.25, 0.3) is 11.8 Å². The maximum absolute atomic E-state index is 12.1. The van der Waals surface area contributed by atoms with Crippen LogP contribution in [0.2, 0.25) is 0 Å². The predicted octanol–water partition coefficient (Wildman–Crippen LogP) is 2.98. The van der Waals surface area contributed by atoms with Gasteiger partial charge in [-0.05, 0) is 35.7 Å². The van der Waals surface area contributed by atoms with Gasteiger partial charge in [0.1, 0.15) is 5.75 Å². The zero-order chi connectivity index (χ0) is 18.2. The Hall–Kier alpha value is -2.82. The second-order valence-corrected chi connectivity index (χ2v) is 5.99. The molecule has 0 heterocycles. The van der Waals surface area contributed by atoms with E-state index in [-0.39, 0.29) is 11.8 Å². The standard InChI is InChI=1S/C20H24N2O3/c1-14(2)15-8-10-16(11-9-15)19(23)21-12-13-22-20(24)17-6-4-5-7-18(17)25-3/h4-11,14H,12-13H2,1-3H3,(H,21,23)(H,22,24). The van der Waals surface area contributed by atoms with Crippen LogP contribution in [0.3, 0.4) is 0 Å². The maximum atomic E-state index is 12.1. The van der Waals surface area contributed by atoms with E-state index in [1.54, 1.807) is 24.3 Å². The predicted molar refractivity (Wildman–Crippen MR) is 98.2 cm³/mol. The van der Waals surface area contributed by atoms with Gasteiger partial charge in [-0.1, -0.05) is 38.1 Å². The van der Waals surface area contributed by atoms with Gasteiger partial charge in [0.2, 0.25) is 0 Å². The Bertz CT molecular complexity index is 724. The second kappa shape index (κ2) is 8.87. The van der Waals surface area contributed by atoms with Crippen molar-refractivity contribution in [1.82, 2.24) is 10.6 Å². The van der Waals surface area contributed by atoms with Crippen LogP contribution in [0, 0.1) is 0 Å². The second-order valence-electron chi connectivity index (χ2n) is 5.99. The smallest absolute Gasteiger partial charge is 0.255 e.